The molecular weight excluding hydrogens is 582 g/mol. The van der Waals surface area contributed by atoms with Crippen LogP contribution in [0.25, 0.3) is 3.58 Å². The summed E-state index contributed by atoms with van der Waals surface area (Å²) in [7, 11) is 0. The van der Waals surface area contributed by atoms with Gasteiger partial charge in [-0.2, -0.15) is 30.7 Å². The number of hydrogen-bond acceptors (Lipinski definition) is 2. The first-order chi connectivity index (χ1) is 15.7. The number of carbonyl (C=O) groups excluding carboxylic acids is 1. The van der Waals surface area contributed by atoms with Gasteiger partial charge < -0.3 is 0 Å². The molecular formula is C23H19F7INO2. The van der Waals surface area contributed by atoms with Crippen LogP contribution < -0.4 is 0 Å². The number of hydrogen-bond donors (Lipinski definition) is 0. The van der Waals surface area contributed by atoms with E-state index < -0.39 is 35.8 Å². The Kier molecular flexibility index (Phi) is 7.38. The molecule has 0 aromatic heterocycles. The van der Waals surface area contributed by atoms with Crippen LogP contribution in [0.15, 0.2) is 66.2 Å². The highest BCUT2D eigenvalue weighted by Gasteiger charge is 2.74. The number of halogens is 8. The number of amides is 1. The third-order valence-electron chi connectivity index (χ3n) is 5.58. The van der Waals surface area contributed by atoms with Crippen molar-refractivity contribution >= 4 is 32.1 Å². The number of benzene rings is 2. The van der Waals surface area contributed by atoms with Gasteiger partial charge in [0.05, 0.1) is 12.0 Å². The maximum absolute atomic E-state index is 14.5. The summed E-state index contributed by atoms with van der Waals surface area (Å²) in [6, 6.07) is 16.7. The zero-order chi connectivity index (χ0) is 25.4. The van der Waals surface area contributed by atoms with Crippen molar-refractivity contribution in [2.24, 2.45) is 5.41 Å². The highest BCUT2D eigenvalue weighted by Crippen LogP contribution is 2.55. The minimum atomic E-state index is -6.49. The maximum atomic E-state index is 14.5. The summed E-state index contributed by atoms with van der Waals surface area (Å²) in [5.41, 5.74) is -1.27. The van der Waals surface area contributed by atoms with E-state index in [0.29, 0.717) is 11.1 Å². The Morgan fingerprint density at radius 1 is 0.971 bits per heavy atom. The first-order valence-corrected chi connectivity index (χ1v) is 11.0. The quantitative estimate of drug-likeness (QED) is 0.252. The predicted octanol–water partition coefficient (Wildman–Crippen LogP) is 7.04. The standard InChI is InChI=1S/C23H19F7INO2/c1-20(14-21(24,25)22(26,27)23(28,29)30)17(18(31)16-10-6-3-7-11-16)12-32(19(20)33)34-13-15-8-4-2-5-9-15/h2-11H,12-14H2,1H3/b18-17+. The van der Waals surface area contributed by atoms with E-state index in [1.807, 2.05) is 0 Å². The summed E-state index contributed by atoms with van der Waals surface area (Å²) in [6.45, 7) is 0.439. The lowest BCUT2D eigenvalue weighted by atomic mass is 9.77. The first kappa shape index (κ1) is 26.5. The van der Waals surface area contributed by atoms with Gasteiger partial charge in [0.1, 0.15) is 6.61 Å². The monoisotopic (exact) mass is 601 g/mol. The number of alkyl halides is 7. The molecule has 1 aliphatic rings. The molecule has 3 rings (SSSR count). The zero-order valence-electron chi connectivity index (χ0n) is 17.7. The summed E-state index contributed by atoms with van der Waals surface area (Å²) >= 11 is 1.77. The topological polar surface area (TPSA) is 29.5 Å². The molecule has 0 aliphatic carbocycles. The van der Waals surface area contributed by atoms with Crippen molar-refractivity contribution in [3.05, 3.63) is 77.4 Å². The minimum Gasteiger partial charge on any atom is -0.272 e. The van der Waals surface area contributed by atoms with E-state index in [1.165, 1.54) is 0 Å². The number of nitrogens with zero attached hydrogens (tertiary/aromatic N) is 1. The Hall–Kier alpha value is -2.15. The van der Waals surface area contributed by atoms with E-state index in [9.17, 15) is 35.5 Å². The number of rotatable bonds is 7. The zero-order valence-corrected chi connectivity index (χ0v) is 19.8. The molecule has 0 spiro atoms. The number of hydroxylamine groups is 2. The van der Waals surface area contributed by atoms with Crippen LogP contribution in [-0.2, 0) is 16.2 Å². The first-order valence-electron chi connectivity index (χ1n) is 9.96. The lowest BCUT2D eigenvalue weighted by Gasteiger charge is -2.34. The Labute approximate surface area is 204 Å². The molecule has 0 saturated carbocycles. The largest absolute Gasteiger partial charge is 0.459 e. The van der Waals surface area contributed by atoms with E-state index in [-0.39, 0.29) is 22.3 Å². The molecule has 1 heterocycles. The molecule has 11 heteroatoms. The van der Waals surface area contributed by atoms with Crippen LogP contribution in [0.1, 0.15) is 24.5 Å². The second-order valence-electron chi connectivity index (χ2n) is 8.04. The third-order valence-corrected chi connectivity index (χ3v) is 6.85. The summed E-state index contributed by atoms with van der Waals surface area (Å²) in [5.74, 6) is -13.0. The van der Waals surface area contributed by atoms with Crippen molar-refractivity contribution in [3.8, 4) is 0 Å². The molecule has 1 saturated heterocycles. The predicted molar refractivity (Wildman–Crippen MR) is 119 cm³/mol. The Bertz CT molecular complexity index is 1060. The minimum absolute atomic E-state index is 0.0324. The highest BCUT2D eigenvalue weighted by molar-refractivity contribution is 14.1. The number of carbonyl (C=O) groups is 1. The highest BCUT2D eigenvalue weighted by atomic mass is 127. The van der Waals surface area contributed by atoms with Crippen LogP contribution in [0.2, 0.25) is 0 Å². The maximum Gasteiger partial charge on any atom is 0.459 e. The lowest BCUT2D eigenvalue weighted by molar-refractivity contribution is -0.358. The normalized spacial score (nSPS) is 21.2. The van der Waals surface area contributed by atoms with Gasteiger partial charge in [-0.3, -0.25) is 9.63 Å². The molecule has 2 aromatic carbocycles. The molecule has 0 N–H and O–H groups in total. The van der Waals surface area contributed by atoms with E-state index in [1.54, 1.807) is 83.3 Å². The van der Waals surface area contributed by atoms with Gasteiger partial charge in [0.2, 0.25) is 0 Å². The molecule has 1 fully saturated rings. The molecule has 0 radical (unpaired) electrons. The van der Waals surface area contributed by atoms with Crippen molar-refractivity contribution in [1.82, 2.24) is 5.06 Å². The summed E-state index contributed by atoms with van der Waals surface area (Å²) in [4.78, 5) is 18.6. The van der Waals surface area contributed by atoms with Crippen LogP contribution >= 0.6 is 22.6 Å². The van der Waals surface area contributed by atoms with Crippen molar-refractivity contribution in [2.75, 3.05) is 6.54 Å². The second kappa shape index (κ2) is 9.48. The molecule has 2 aromatic rings. The van der Waals surface area contributed by atoms with Crippen LogP contribution in [0.4, 0.5) is 30.7 Å². The van der Waals surface area contributed by atoms with Crippen LogP contribution in [0, 0.1) is 5.41 Å². The van der Waals surface area contributed by atoms with Gasteiger partial charge in [0, 0.05) is 10.0 Å². The van der Waals surface area contributed by atoms with E-state index in [0.717, 1.165) is 12.0 Å². The average molecular weight is 601 g/mol. The van der Waals surface area contributed by atoms with Gasteiger partial charge in [-0.1, -0.05) is 60.7 Å². The molecule has 1 amide bonds. The van der Waals surface area contributed by atoms with Crippen molar-refractivity contribution < 1.29 is 40.4 Å². The van der Waals surface area contributed by atoms with E-state index in [4.69, 9.17) is 4.84 Å². The van der Waals surface area contributed by atoms with Crippen LogP contribution in [-0.4, -0.2) is 35.5 Å². The van der Waals surface area contributed by atoms with Gasteiger partial charge in [0.15, 0.2) is 0 Å². The molecule has 1 unspecified atom stereocenters. The molecule has 34 heavy (non-hydrogen) atoms. The average Bonchev–Trinajstić information content (AvgIpc) is 3.01. The van der Waals surface area contributed by atoms with Gasteiger partial charge in [0.25, 0.3) is 5.91 Å². The Morgan fingerprint density at radius 3 is 2.03 bits per heavy atom. The van der Waals surface area contributed by atoms with Crippen molar-refractivity contribution in [3.63, 3.8) is 0 Å². The van der Waals surface area contributed by atoms with Crippen molar-refractivity contribution in [2.45, 2.75) is 38.0 Å². The summed E-state index contributed by atoms with van der Waals surface area (Å²) in [6.07, 6.45) is -8.54. The fourth-order valence-electron chi connectivity index (χ4n) is 3.64. The van der Waals surface area contributed by atoms with Crippen LogP contribution in [0.5, 0.6) is 0 Å². The SMILES string of the molecule is CC1(CC(F)(F)C(F)(F)C(F)(F)F)C(=O)N(OCc2ccccc2)C/C1=C(\I)c1ccccc1. The Balaban J connectivity index is 2.02. The molecule has 184 valence electrons. The van der Waals surface area contributed by atoms with Crippen molar-refractivity contribution in [1.29, 1.82) is 0 Å². The van der Waals surface area contributed by atoms with Gasteiger partial charge in [-0.25, -0.2) is 5.06 Å². The third kappa shape index (κ3) is 4.95. The van der Waals surface area contributed by atoms with Gasteiger partial charge in [-0.15, -0.1) is 0 Å². The van der Waals surface area contributed by atoms with Crippen LogP contribution in [0.3, 0.4) is 0 Å². The van der Waals surface area contributed by atoms with E-state index >= 15 is 0 Å². The smallest absolute Gasteiger partial charge is 0.272 e. The lowest BCUT2D eigenvalue weighted by Crippen LogP contribution is -2.54. The van der Waals surface area contributed by atoms with Gasteiger partial charge in [-0.05, 0) is 46.2 Å². The summed E-state index contributed by atoms with van der Waals surface area (Å²) in [5, 5.41) is 0.742. The van der Waals surface area contributed by atoms with E-state index in [2.05, 4.69) is 0 Å². The van der Waals surface area contributed by atoms with Gasteiger partial charge >= 0.3 is 18.0 Å². The summed E-state index contributed by atoms with van der Waals surface area (Å²) < 4.78 is 95.0. The molecule has 0 bridgehead atoms. The second-order valence-corrected chi connectivity index (χ2v) is 9.12. The molecule has 1 aliphatic heterocycles. The molecule has 1 atom stereocenters. The Morgan fingerprint density at radius 2 is 1.50 bits per heavy atom. The molecule has 3 nitrogen and oxygen atoms in total. The fraction of sp³-hybridized carbons (Fsp3) is 0.348. The fourth-order valence-corrected chi connectivity index (χ4v) is 4.77.